The SMILES string of the molecule is CCC1(C(=O)NC(C)c2ccc(S(C)(=O)=O)cc2)CCCN1. The fourth-order valence-electron chi connectivity index (χ4n) is 2.88. The minimum Gasteiger partial charge on any atom is -0.348 e. The highest BCUT2D eigenvalue weighted by atomic mass is 32.2. The molecule has 0 aliphatic carbocycles. The van der Waals surface area contributed by atoms with Gasteiger partial charge < -0.3 is 10.6 Å². The second-order valence-corrected chi connectivity index (χ2v) is 8.02. The molecule has 0 spiro atoms. The van der Waals surface area contributed by atoms with Crippen molar-refractivity contribution in [2.24, 2.45) is 0 Å². The molecule has 1 aromatic rings. The lowest BCUT2D eigenvalue weighted by Gasteiger charge is -2.28. The van der Waals surface area contributed by atoms with E-state index in [0.29, 0.717) is 0 Å². The fraction of sp³-hybridized carbons (Fsp3) is 0.562. The second-order valence-electron chi connectivity index (χ2n) is 6.00. The van der Waals surface area contributed by atoms with E-state index in [-0.39, 0.29) is 16.8 Å². The molecule has 0 radical (unpaired) electrons. The van der Waals surface area contributed by atoms with Crippen molar-refractivity contribution >= 4 is 15.7 Å². The van der Waals surface area contributed by atoms with E-state index in [9.17, 15) is 13.2 Å². The Morgan fingerprint density at radius 1 is 1.36 bits per heavy atom. The van der Waals surface area contributed by atoms with Gasteiger partial charge in [-0.05, 0) is 50.4 Å². The molecule has 1 aliphatic heterocycles. The topological polar surface area (TPSA) is 75.3 Å². The zero-order valence-corrected chi connectivity index (χ0v) is 14.2. The van der Waals surface area contributed by atoms with Gasteiger partial charge in [-0.25, -0.2) is 8.42 Å². The van der Waals surface area contributed by atoms with Crippen LogP contribution in [-0.2, 0) is 14.6 Å². The van der Waals surface area contributed by atoms with Crippen LogP contribution in [0.1, 0.15) is 44.7 Å². The average Bonchev–Trinajstić information content (AvgIpc) is 2.96. The van der Waals surface area contributed by atoms with Crippen molar-refractivity contribution in [3.63, 3.8) is 0 Å². The van der Waals surface area contributed by atoms with Crippen LogP contribution in [0, 0.1) is 0 Å². The first-order valence-electron chi connectivity index (χ1n) is 7.64. The molecule has 2 atom stereocenters. The Kier molecular flexibility index (Phi) is 4.92. The van der Waals surface area contributed by atoms with Gasteiger partial charge in [0.05, 0.1) is 16.5 Å². The molecule has 2 unspecified atom stereocenters. The highest BCUT2D eigenvalue weighted by Crippen LogP contribution is 2.25. The predicted molar refractivity (Wildman–Crippen MR) is 86.4 cm³/mol. The number of carbonyl (C=O) groups is 1. The van der Waals surface area contributed by atoms with Gasteiger partial charge in [0.2, 0.25) is 5.91 Å². The first-order valence-corrected chi connectivity index (χ1v) is 9.54. The number of nitrogens with one attached hydrogen (secondary N) is 2. The van der Waals surface area contributed by atoms with Crippen LogP contribution < -0.4 is 10.6 Å². The van der Waals surface area contributed by atoms with Crippen LogP contribution in [0.25, 0.3) is 0 Å². The van der Waals surface area contributed by atoms with Gasteiger partial charge in [0.1, 0.15) is 0 Å². The van der Waals surface area contributed by atoms with Crippen LogP contribution in [-0.4, -0.2) is 32.7 Å². The molecular weight excluding hydrogens is 300 g/mol. The summed E-state index contributed by atoms with van der Waals surface area (Å²) in [4.78, 5) is 12.8. The lowest BCUT2D eigenvalue weighted by Crippen LogP contribution is -2.53. The maximum atomic E-state index is 12.5. The van der Waals surface area contributed by atoms with Gasteiger partial charge in [0.15, 0.2) is 9.84 Å². The van der Waals surface area contributed by atoms with Crippen LogP contribution >= 0.6 is 0 Å². The Morgan fingerprint density at radius 2 is 2.00 bits per heavy atom. The van der Waals surface area contributed by atoms with Crippen LogP contribution in [0.5, 0.6) is 0 Å². The molecule has 1 aromatic carbocycles. The summed E-state index contributed by atoms with van der Waals surface area (Å²) in [6.07, 6.45) is 3.82. The molecule has 22 heavy (non-hydrogen) atoms. The minimum absolute atomic E-state index is 0.0205. The lowest BCUT2D eigenvalue weighted by atomic mass is 9.92. The first kappa shape index (κ1) is 17.0. The monoisotopic (exact) mass is 324 g/mol. The van der Waals surface area contributed by atoms with Crippen molar-refractivity contribution in [1.29, 1.82) is 0 Å². The molecule has 1 fully saturated rings. The Balaban J connectivity index is 2.09. The van der Waals surface area contributed by atoms with Crippen molar-refractivity contribution < 1.29 is 13.2 Å². The van der Waals surface area contributed by atoms with Gasteiger partial charge in [-0.3, -0.25) is 4.79 Å². The van der Waals surface area contributed by atoms with E-state index < -0.39 is 15.4 Å². The summed E-state index contributed by atoms with van der Waals surface area (Å²) < 4.78 is 22.9. The lowest BCUT2D eigenvalue weighted by molar-refractivity contribution is -0.128. The van der Waals surface area contributed by atoms with E-state index in [4.69, 9.17) is 0 Å². The molecule has 122 valence electrons. The van der Waals surface area contributed by atoms with Crippen molar-refractivity contribution in [2.75, 3.05) is 12.8 Å². The van der Waals surface area contributed by atoms with Crippen LogP contribution in [0.4, 0.5) is 0 Å². The Labute approximate surface area is 132 Å². The number of hydrogen-bond donors (Lipinski definition) is 2. The van der Waals surface area contributed by atoms with Gasteiger partial charge in [-0.1, -0.05) is 19.1 Å². The molecule has 1 saturated heterocycles. The molecule has 0 aromatic heterocycles. The van der Waals surface area contributed by atoms with Crippen LogP contribution in [0.2, 0.25) is 0 Å². The Bertz CT molecular complexity index is 632. The Morgan fingerprint density at radius 3 is 2.45 bits per heavy atom. The molecular formula is C16H24N2O3S. The highest BCUT2D eigenvalue weighted by Gasteiger charge is 2.39. The summed E-state index contributed by atoms with van der Waals surface area (Å²) in [6, 6.07) is 6.50. The molecule has 6 heteroatoms. The summed E-state index contributed by atoms with van der Waals surface area (Å²) in [6.45, 7) is 4.80. The summed E-state index contributed by atoms with van der Waals surface area (Å²) >= 11 is 0. The van der Waals surface area contributed by atoms with E-state index >= 15 is 0 Å². The molecule has 2 rings (SSSR count). The van der Waals surface area contributed by atoms with Crippen molar-refractivity contribution in [3.8, 4) is 0 Å². The largest absolute Gasteiger partial charge is 0.348 e. The van der Waals surface area contributed by atoms with Crippen LogP contribution in [0.3, 0.4) is 0 Å². The maximum absolute atomic E-state index is 12.5. The molecule has 2 N–H and O–H groups in total. The van der Waals surface area contributed by atoms with E-state index in [0.717, 1.165) is 31.4 Å². The van der Waals surface area contributed by atoms with Crippen molar-refractivity contribution in [1.82, 2.24) is 10.6 Å². The molecule has 5 nitrogen and oxygen atoms in total. The molecule has 0 saturated carbocycles. The van der Waals surface area contributed by atoms with E-state index in [1.54, 1.807) is 24.3 Å². The van der Waals surface area contributed by atoms with E-state index in [1.807, 2.05) is 13.8 Å². The average molecular weight is 324 g/mol. The third-order valence-electron chi connectivity index (χ3n) is 4.44. The number of amides is 1. The van der Waals surface area contributed by atoms with Crippen molar-refractivity contribution in [3.05, 3.63) is 29.8 Å². The smallest absolute Gasteiger partial charge is 0.240 e. The first-order chi connectivity index (χ1) is 10.3. The predicted octanol–water partition coefficient (Wildman–Crippen LogP) is 1.80. The standard InChI is InChI=1S/C16H24N2O3S/c1-4-16(10-5-11-17-16)15(19)18-12(2)13-6-8-14(9-7-13)22(3,20)21/h6-9,12,17H,4-5,10-11H2,1-3H3,(H,18,19). The fourth-order valence-corrected chi connectivity index (χ4v) is 3.51. The summed E-state index contributed by atoms with van der Waals surface area (Å²) in [5, 5.41) is 6.35. The third-order valence-corrected chi connectivity index (χ3v) is 5.57. The Hall–Kier alpha value is -1.40. The van der Waals surface area contributed by atoms with E-state index in [2.05, 4.69) is 10.6 Å². The van der Waals surface area contributed by atoms with Crippen molar-refractivity contribution in [2.45, 2.75) is 49.6 Å². The number of sulfone groups is 1. The number of rotatable bonds is 5. The molecule has 0 bridgehead atoms. The minimum atomic E-state index is -3.19. The van der Waals surface area contributed by atoms with Gasteiger partial charge >= 0.3 is 0 Å². The zero-order valence-electron chi connectivity index (χ0n) is 13.3. The molecule has 1 aliphatic rings. The number of carbonyl (C=O) groups excluding carboxylic acids is 1. The third kappa shape index (κ3) is 3.50. The van der Waals surface area contributed by atoms with Crippen LogP contribution in [0.15, 0.2) is 29.2 Å². The van der Waals surface area contributed by atoms with Gasteiger partial charge in [-0.15, -0.1) is 0 Å². The summed E-state index contributed by atoms with van der Waals surface area (Å²) in [5.74, 6) is 0.0205. The van der Waals surface area contributed by atoms with Gasteiger partial charge in [0.25, 0.3) is 0 Å². The van der Waals surface area contributed by atoms with Gasteiger partial charge in [0, 0.05) is 6.26 Å². The summed E-state index contributed by atoms with van der Waals surface area (Å²) in [5.41, 5.74) is 0.436. The number of benzene rings is 1. The molecule has 1 amide bonds. The quantitative estimate of drug-likeness (QED) is 0.866. The van der Waals surface area contributed by atoms with Gasteiger partial charge in [-0.2, -0.15) is 0 Å². The maximum Gasteiger partial charge on any atom is 0.240 e. The normalized spacial score (nSPS) is 23.2. The highest BCUT2D eigenvalue weighted by molar-refractivity contribution is 7.90. The van der Waals surface area contributed by atoms with E-state index in [1.165, 1.54) is 6.26 Å². The summed E-state index contributed by atoms with van der Waals surface area (Å²) in [7, 11) is -3.19. The molecule has 1 heterocycles. The second kappa shape index (κ2) is 6.38. The number of hydrogen-bond acceptors (Lipinski definition) is 4. The zero-order chi connectivity index (χ0) is 16.4.